The Labute approximate surface area is 65.5 Å². The molecule has 0 bridgehead atoms. The number of carboxylic acids is 1. The quantitative estimate of drug-likeness (QED) is 0.481. The van der Waals surface area contributed by atoms with Crippen molar-refractivity contribution in [2.75, 3.05) is 0 Å². The van der Waals surface area contributed by atoms with Crippen molar-refractivity contribution in [1.82, 2.24) is 0 Å². The molecule has 9 heavy (non-hydrogen) atoms. The third-order valence-electron chi connectivity index (χ3n) is 0.478. The van der Waals surface area contributed by atoms with Crippen LogP contribution in [0.25, 0.3) is 0 Å². The van der Waals surface area contributed by atoms with Crippen molar-refractivity contribution in [3.63, 3.8) is 0 Å². The van der Waals surface area contributed by atoms with Gasteiger partial charge in [-0.2, -0.15) is 0 Å². The topological polar surface area (TPSA) is 63.6 Å². The molecule has 5 heteroatoms. The Balaban J connectivity index is 3.71. The molecule has 0 rings (SSSR count). The van der Waals surface area contributed by atoms with Crippen LogP contribution in [0.2, 0.25) is 0 Å². The number of aliphatic carboxylic acids is 1. The van der Waals surface area contributed by atoms with Gasteiger partial charge in [-0.25, -0.2) is 0 Å². The van der Waals surface area contributed by atoms with E-state index in [-0.39, 0.29) is 0 Å². The van der Waals surface area contributed by atoms with E-state index in [9.17, 15) is 9.59 Å². The van der Waals surface area contributed by atoms with Crippen LogP contribution >= 0.6 is 0 Å². The van der Waals surface area contributed by atoms with Crippen LogP contribution in [-0.4, -0.2) is 40.5 Å². The number of rotatable bonds is 2. The summed E-state index contributed by atoms with van der Waals surface area (Å²) in [7, 11) is 0. The standard InChI is InChI=1S/C4H4O4.Sb.2H/c5-3(6)1-2-4(7)8;;;/h1-2H,(H,5,6)(H,7,8);;;/q;+1;;/p-1/b2-1-;;;. The SMILES string of the molecule is O=C(O)/C=C\C(=O)[O][SbH2]. The second-order valence-corrected chi connectivity index (χ2v) is 1.78. The molecule has 0 saturated carbocycles. The summed E-state index contributed by atoms with van der Waals surface area (Å²) >= 11 is 0.346. The van der Waals surface area contributed by atoms with Gasteiger partial charge in [-0.15, -0.1) is 0 Å². The predicted molar refractivity (Wildman–Crippen MR) is 31.4 cm³/mol. The van der Waals surface area contributed by atoms with Crippen molar-refractivity contribution < 1.29 is 17.7 Å². The van der Waals surface area contributed by atoms with E-state index in [1.807, 2.05) is 0 Å². The van der Waals surface area contributed by atoms with E-state index in [0.29, 0.717) is 23.4 Å². The molecule has 0 aliphatic rings. The minimum absolute atomic E-state index is 0.346. The van der Waals surface area contributed by atoms with Gasteiger partial charge in [0.15, 0.2) is 0 Å². The van der Waals surface area contributed by atoms with Gasteiger partial charge in [0.1, 0.15) is 0 Å². The number of hydrogen-bond donors (Lipinski definition) is 1. The Bertz CT molecular complexity index is 151. The molecule has 0 saturated heterocycles. The third-order valence-corrected chi connectivity index (χ3v) is 1.14. The van der Waals surface area contributed by atoms with Crippen molar-refractivity contribution >= 4 is 35.4 Å². The van der Waals surface area contributed by atoms with E-state index >= 15 is 0 Å². The van der Waals surface area contributed by atoms with E-state index < -0.39 is 11.9 Å². The molecule has 1 N–H and O–H groups in total. The normalized spacial score (nSPS) is 9.44. The van der Waals surface area contributed by atoms with Crippen LogP contribution in [0.3, 0.4) is 0 Å². The van der Waals surface area contributed by atoms with Crippen LogP contribution in [0.5, 0.6) is 0 Å². The Morgan fingerprint density at radius 3 is 2.33 bits per heavy atom. The first kappa shape index (κ1) is 8.50. The summed E-state index contributed by atoms with van der Waals surface area (Å²) in [6, 6.07) is 0. The molecule has 0 aromatic carbocycles. The fourth-order valence-corrected chi connectivity index (χ4v) is 0.403. The van der Waals surface area contributed by atoms with Crippen LogP contribution in [0.15, 0.2) is 12.2 Å². The second kappa shape index (κ2) is 4.38. The molecule has 0 fully saturated rings. The first-order valence-electron chi connectivity index (χ1n) is 1.98. The van der Waals surface area contributed by atoms with E-state index in [1.54, 1.807) is 0 Å². The van der Waals surface area contributed by atoms with Gasteiger partial charge in [0, 0.05) is 0 Å². The van der Waals surface area contributed by atoms with E-state index in [4.69, 9.17) is 5.11 Å². The molecule has 0 atom stereocenters. The number of carboxylic acid groups (broad SMARTS) is 1. The summed E-state index contributed by atoms with van der Waals surface area (Å²) in [6.07, 6.45) is 1.60. The summed E-state index contributed by atoms with van der Waals surface area (Å²) < 4.78 is 4.24. The zero-order valence-electron chi connectivity index (χ0n) is 4.40. The monoisotopic (exact) mass is 238 g/mol. The van der Waals surface area contributed by atoms with E-state index in [2.05, 4.69) is 3.02 Å². The van der Waals surface area contributed by atoms with Crippen LogP contribution in [0, 0.1) is 0 Å². The average molecular weight is 239 g/mol. The maximum absolute atomic E-state index is 10.2. The number of carbonyl (C=O) groups excluding carboxylic acids is 1. The van der Waals surface area contributed by atoms with Crippen LogP contribution < -0.4 is 0 Å². The van der Waals surface area contributed by atoms with Crippen molar-refractivity contribution in [2.45, 2.75) is 0 Å². The van der Waals surface area contributed by atoms with Gasteiger partial charge in [-0.1, -0.05) is 0 Å². The molecule has 0 amide bonds. The van der Waals surface area contributed by atoms with Gasteiger partial charge in [0.2, 0.25) is 0 Å². The zero-order valence-corrected chi connectivity index (χ0v) is 7.70. The molecule has 0 aliphatic heterocycles. The number of carbonyl (C=O) groups is 2. The molecule has 0 unspecified atom stereocenters. The molecule has 0 aromatic rings. The number of hydrogen-bond acceptors (Lipinski definition) is 3. The molecule has 0 heterocycles. The van der Waals surface area contributed by atoms with Crippen molar-refractivity contribution in [1.29, 1.82) is 0 Å². The van der Waals surface area contributed by atoms with Crippen molar-refractivity contribution in [3.05, 3.63) is 12.2 Å². The molecule has 4 nitrogen and oxygen atoms in total. The summed E-state index contributed by atoms with van der Waals surface area (Å²) in [5, 5.41) is 7.97. The Morgan fingerprint density at radius 1 is 1.44 bits per heavy atom. The van der Waals surface area contributed by atoms with Crippen LogP contribution in [0.1, 0.15) is 0 Å². The van der Waals surface area contributed by atoms with Gasteiger partial charge in [-0.05, 0) is 0 Å². The fourth-order valence-electron chi connectivity index (χ4n) is 0.179. The fraction of sp³-hybridized carbons (Fsp3) is 0. The Kier molecular flexibility index (Phi) is 4.14. The molecular formula is C4H5O4Sb. The van der Waals surface area contributed by atoms with Gasteiger partial charge in [0.25, 0.3) is 0 Å². The summed E-state index contributed by atoms with van der Waals surface area (Å²) in [6.45, 7) is 0. The maximum atomic E-state index is 10.2. The minimum atomic E-state index is -1.15. The van der Waals surface area contributed by atoms with Gasteiger partial charge < -0.3 is 0 Å². The first-order valence-corrected chi connectivity index (χ1v) is 3.33. The molecule has 0 radical (unpaired) electrons. The van der Waals surface area contributed by atoms with E-state index in [1.165, 1.54) is 0 Å². The second-order valence-electron chi connectivity index (χ2n) is 1.11. The summed E-state index contributed by atoms with van der Waals surface area (Å²) in [5.74, 6) is -1.76. The van der Waals surface area contributed by atoms with Crippen molar-refractivity contribution in [3.8, 4) is 0 Å². The Morgan fingerprint density at radius 2 is 2.00 bits per heavy atom. The Hall–Kier alpha value is -0.502. The van der Waals surface area contributed by atoms with Crippen LogP contribution in [-0.2, 0) is 12.6 Å². The molecule has 0 aromatic heterocycles. The van der Waals surface area contributed by atoms with Gasteiger partial charge in [-0.3, -0.25) is 0 Å². The molecule has 0 aliphatic carbocycles. The summed E-state index contributed by atoms with van der Waals surface area (Å²) in [5.41, 5.74) is 0. The third kappa shape index (κ3) is 5.37. The zero-order chi connectivity index (χ0) is 7.28. The van der Waals surface area contributed by atoms with Gasteiger partial charge in [0.05, 0.1) is 0 Å². The average Bonchev–Trinajstić information content (AvgIpc) is 1.83. The van der Waals surface area contributed by atoms with Gasteiger partial charge >= 0.3 is 65.2 Å². The first-order chi connectivity index (χ1) is 4.16. The predicted octanol–water partition coefficient (Wildman–Crippen LogP) is -1.28. The van der Waals surface area contributed by atoms with Crippen molar-refractivity contribution in [2.24, 2.45) is 0 Å². The van der Waals surface area contributed by atoms with E-state index in [0.717, 1.165) is 12.2 Å². The molecule has 50 valence electrons. The molecular weight excluding hydrogens is 234 g/mol. The molecule has 0 spiro atoms. The summed E-state index contributed by atoms with van der Waals surface area (Å²) in [4.78, 5) is 19.9. The van der Waals surface area contributed by atoms with Crippen LogP contribution in [0.4, 0.5) is 0 Å².